The van der Waals surface area contributed by atoms with E-state index in [4.69, 9.17) is 4.98 Å². The molecule has 1 N–H and O–H groups in total. The van der Waals surface area contributed by atoms with Gasteiger partial charge < -0.3 is 14.8 Å². The number of aromatic nitrogens is 3. The number of carbonyl (C=O) groups is 2. The first kappa shape index (κ1) is 24.5. The fraction of sp³-hybridized carbons (Fsp3) is 0.517. The standard InChI is InChI=1S/C29H37N5O2/c35-28(34(23-11-3-1-4-12-23)24-13-5-2-6-14-24)21-33-26-16-8-7-15-25(26)32-27(33)17-19-31-29(36)22-10-9-18-30-20-22/h7-10,15-16,18,20,23-24H,1-6,11-14,17,19,21H2,(H,31,36). The molecular formula is C29H37N5O2. The van der Waals surface area contributed by atoms with Crippen molar-refractivity contribution in [1.29, 1.82) is 0 Å². The molecule has 2 heterocycles. The molecule has 1 aromatic carbocycles. The lowest BCUT2D eigenvalue weighted by Gasteiger charge is -2.42. The number of nitrogens with one attached hydrogen (secondary N) is 1. The highest BCUT2D eigenvalue weighted by atomic mass is 16.2. The number of hydrogen-bond acceptors (Lipinski definition) is 4. The van der Waals surface area contributed by atoms with Crippen LogP contribution in [0, 0.1) is 0 Å². The molecule has 5 rings (SSSR count). The van der Waals surface area contributed by atoms with E-state index in [1.807, 2.05) is 24.3 Å². The van der Waals surface area contributed by atoms with Crippen molar-refractivity contribution in [3.05, 3.63) is 60.2 Å². The SMILES string of the molecule is O=C(NCCc1nc2ccccc2n1CC(=O)N(C1CCCCC1)C1CCCCC1)c1cccnc1. The van der Waals surface area contributed by atoms with E-state index in [1.165, 1.54) is 38.5 Å². The van der Waals surface area contributed by atoms with Crippen LogP contribution in [0.2, 0.25) is 0 Å². The van der Waals surface area contributed by atoms with Crippen molar-refractivity contribution in [1.82, 2.24) is 24.8 Å². The van der Waals surface area contributed by atoms with Crippen molar-refractivity contribution in [2.45, 2.75) is 89.3 Å². The molecule has 7 heteroatoms. The number of hydrogen-bond donors (Lipinski definition) is 1. The Bertz CT molecular complexity index is 1140. The monoisotopic (exact) mass is 487 g/mol. The molecule has 2 aliphatic rings. The van der Waals surface area contributed by atoms with Gasteiger partial charge in [0.2, 0.25) is 5.91 Å². The predicted octanol–water partition coefficient (Wildman–Crippen LogP) is 4.90. The summed E-state index contributed by atoms with van der Waals surface area (Å²) in [5.74, 6) is 0.906. The zero-order valence-corrected chi connectivity index (χ0v) is 21.1. The summed E-state index contributed by atoms with van der Waals surface area (Å²) in [4.78, 5) is 37.6. The molecule has 7 nitrogen and oxygen atoms in total. The Hall–Kier alpha value is -3.22. The Balaban J connectivity index is 1.34. The van der Waals surface area contributed by atoms with Gasteiger partial charge in [0.25, 0.3) is 5.91 Å². The summed E-state index contributed by atoms with van der Waals surface area (Å²) in [5.41, 5.74) is 2.41. The van der Waals surface area contributed by atoms with E-state index in [9.17, 15) is 9.59 Å². The van der Waals surface area contributed by atoms with Crippen molar-refractivity contribution < 1.29 is 9.59 Å². The third kappa shape index (κ3) is 5.61. The smallest absolute Gasteiger partial charge is 0.252 e. The minimum atomic E-state index is -0.150. The predicted molar refractivity (Wildman–Crippen MR) is 141 cm³/mol. The van der Waals surface area contributed by atoms with E-state index in [1.54, 1.807) is 24.5 Å². The Kier molecular flexibility index (Phi) is 7.94. The van der Waals surface area contributed by atoms with Crippen LogP contribution in [-0.4, -0.2) is 49.9 Å². The molecule has 2 aromatic heterocycles. The molecule has 0 saturated heterocycles. The van der Waals surface area contributed by atoms with Crippen molar-refractivity contribution in [2.75, 3.05) is 6.54 Å². The first-order chi connectivity index (χ1) is 17.7. The lowest BCUT2D eigenvalue weighted by atomic mass is 9.88. The molecule has 2 amide bonds. The molecule has 2 aliphatic carbocycles. The van der Waals surface area contributed by atoms with Crippen LogP contribution in [0.4, 0.5) is 0 Å². The summed E-state index contributed by atoms with van der Waals surface area (Å²) in [7, 11) is 0. The van der Waals surface area contributed by atoms with Crippen LogP contribution < -0.4 is 5.32 Å². The summed E-state index contributed by atoms with van der Waals surface area (Å²) in [6, 6.07) is 12.3. The average molecular weight is 488 g/mol. The molecule has 0 unspecified atom stereocenters. The molecule has 0 bridgehead atoms. The van der Waals surface area contributed by atoms with E-state index in [0.29, 0.717) is 37.2 Å². The van der Waals surface area contributed by atoms with Gasteiger partial charge >= 0.3 is 0 Å². The summed E-state index contributed by atoms with van der Waals surface area (Å²) >= 11 is 0. The first-order valence-electron chi connectivity index (χ1n) is 13.6. The van der Waals surface area contributed by atoms with Gasteiger partial charge in [-0.25, -0.2) is 4.98 Å². The van der Waals surface area contributed by atoms with E-state index in [-0.39, 0.29) is 11.8 Å². The van der Waals surface area contributed by atoms with E-state index < -0.39 is 0 Å². The Morgan fingerprint density at radius 1 is 0.917 bits per heavy atom. The summed E-state index contributed by atoms with van der Waals surface area (Å²) in [5, 5.41) is 2.97. The van der Waals surface area contributed by atoms with E-state index >= 15 is 0 Å². The highest BCUT2D eigenvalue weighted by Crippen LogP contribution is 2.31. The molecule has 0 aliphatic heterocycles. The topological polar surface area (TPSA) is 80.1 Å². The largest absolute Gasteiger partial charge is 0.352 e. The summed E-state index contributed by atoms with van der Waals surface area (Å²) in [6.07, 6.45) is 15.7. The van der Waals surface area contributed by atoms with Gasteiger partial charge in [-0.1, -0.05) is 50.7 Å². The van der Waals surface area contributed by atoms with Crippen LogP contribution in [0.3, 0.4) is 0 Å². The maximum Gasteiger partial charge on any atom is 0.252 e. The second kappa shape index (κ2) is 11.7. The van der Waals surface area contributed by atoms with Gasteiger partial charge in [-0.2, -0.15) is 0 Å². The first-order valence-corrected chi connectivity index (χ1v) is 13.6. The number of nitrogens with zero attached hydrogens (tertiary/aromatic N) is 4. The number of rotatable bonds is 8. The highest BCUT2D eigenvalue weighted by molar-refractivity contribution is 5.93. The van der Waals surface area contributed by atoms with Gasteiger partial charge in [0, 0.05) is 37.4 Å². The fourth-order valence-electron chi connectivity index (χ4n) is 6.02. The van der Waals surface area contributed by atoms with Crippen molar-refractivity contribution in [3.8, 4) is 0 Å². The lowest BCUT2D eigenvalue weighted by Crippen LogP contribution is -2.50. The van der Waals surface area contributed by atoms with Gasteiger partial charge in [-0.3, -0.25) is 14.6 Å². The van der Waals surface area contributed by atoms with Crippen LogP contribution in [0.25, 0.3) is 11.0 Å². The average Bonchev–Trinajstić information content (AvgIpc) is 3.27. The summed E-state index contributed by atoms with van der Waals surface area (Å²) in [6.45, 7) is 0.750. The van der Waals surface area contributed by atoms with Crippen molar-refractivity contribution >= 4 is 22.8 Å². The fourth-order valence-corrected chi connectivity index (χ4v) is 6.02. The number of pyridine rings is 1. The number of amides is 2. The van der Waals surface area contributed by atoms with E-state index in [2.05, 4.69) is 19.8 Å². The zero-order valence-electron chi connectivity index (χ0n) is 21.1. The molecule has 190 valence electrons. The van der Waals surface area contributed by atoms with E-state index in [0.717, 1.165) is 42.5 Å². The minimum absolute atomic E-state index is 0.150. The van der Waals surface area contributed by atoms with Gasteiger partial charge in [0.05, 0.1) is 16.6 Å². The second-order valence-corrected chi connectivity index (χ2v) is 10.2. The maximum atomic E-state index is 14.0. The molecule has 2 fully saturated rings. The third-order valence-electron chi connectivity index (χ3n) is 7.81. The van der Waals surface area contributed by atoms with Crippen LogP contribution in [0.15, 0.2) is 48.8 Å². The Morgan fingerprint density at radius 2 is 1.61 bits per heavy atom. The van der Waals surface area contributed by atoms with Crippen molar-refractivity contribution in [2.24, 2.45) is 0 Å². The van der Waals surface area contributed by atoms with Gasteiger partial charge in [-0.05, 0) is 49.9 Å². The van der Waals surface area contributed by atoms with Crippen LogP contribution in [0.1, 0.15) is 80.4 Å². The Morgan fingerprint density at radius 3 is 2.28 bits per heavy atom. The quantitative estimate of drug-likeness (QED) is 0.490. The number of fused-ring (bicyclic) bond motifs is 1. The normalized spacial score (nSPS) is 17.2. The Labute approximate surface area is 213 Å². The second-order valence-electron chi connectivity index (χ2n) is 10.2. The zero-order chi connectivity index (χ0) is 24.7. The molecule has 36 heavy (non-hydrogen) atoms. The molecule has 2 saturated carbocycles. The number of imidazole rings is 1. The molecule has 0 atom stereocenters. The number of para-hydroxylation sites is 2. The molecule has 3 aromatic rings. The number of carbonyl (C=O) groups excluding carboxylic acids is 2. The van der Waals surface area contributed by atoms with Gasteiger partial charge in [0.1, 0.15) is 12.4 Å². The third-order valence-corrected chi connectivity index (χ3v) is 7.81. The van der Waals surface area contributed by atoms with Crippen LogP contribution in [-0.2, 0) is 17.8 Å². The van der Waals surface area contributed by atoms with Crippen molar-refractivity contribution in [3.63, 3.8) is 0 Å². The summed E-state index contributed by atoms with van der Waals surface area (Å²) < 4.78 is 2.08. The maximum absolute atomic E-state index is 14.0. The molecular weight excluding hydrogens is 450 g/mol. The highest BCUT2D eigenvalue weighted by Gasteiger charge is 2.33. The molecule has 0 radical (unpaired) electrons. The van der Waals surface area contributed by atoms with Crippen LogP contribution >= 0.6 is 0 Å². The van der Waals surface area contributed by atoms with Crippen LogP contribution in [0.5, 0.6) is 0 Å². The lowest BCUT2D eigenvalue weighted by molar-refractivity contribution is -0.138. The number of benzene rings is 1. The molecule has 0 spiro atoms. The van der Waals surface area contributed by atoms with Gasteiger partial charge in [-0.15, -0.1) is 0 Å². The van der Waals surface area contributed by atoms with Gasteiger partial charge in [0.15, 0.2) is 0 Å². The minimum Gasteiger partial charge on any atom is -0.352 e.